The van der Waals surface area contributed by atoms with Gasteiger partial charge in [-0.25, -0.2) is 0 Å². The summed E-state index contributed by atoms with van der Waals surface area (Å²) in [5.41, 5.74) is 7.92. The minimum Gasteiger partial charge on any atom is -0.135 e. The van der Waals surface area contributed by atoms with Crippen LogP contribution in [-0.4, -0.2) is 0 Å². The second-order valence-corrected chi connectivity index (χ2v) is 11.5. The molecule has 1 heterocycles. The number of benzene rings is 6. The lowest BCUT2D eigenvalue weighted by atomic mass is 9.85. The van der Waals surface area contributed by atoms with E-state index in [4.69, 9.17) is 0 Å². The SMILES string of the molecule is C1=CCCC(c2ccc(-c3c4ccccc4c(-c4ccc5sc6ccccc6c5c4)c4ccccc34)cc2)=C1. The Kier molecular flexibility index (Phi) is 5.24. The van der Waals surface area contributed by atoms with Crippen LogP contribution in [-0.2, 0) is 0 Å². The second-order valence-electron chi connectivity index (χ2n) is 10.4. The van der Waals surface area contributed by atoms with E-state index in [1.807, 2.05) is 11.3 Å². The summed E-state index contributed by atoms with van der Waals surface area (Å²) in [7, 11) is 0. The van der Waals surface area contributed by atoms with Gasteiger partial charge < -0.3 is 0 Å². The lowest BCUT2D eigenvalue weighted by molar-refractivity contribution is 1.05. The van der Waals surface area contributed by atoms with Crippen LogP contribution in [0.15, 0.2) is 133 Å². The molecule has 0 fully saturated rings. The van der Waals surface area contributed by atoms with Gasteiger partial charge in [0.1, 0.15) is 0 Å². The van der Waals surface area contributed by atoms with Gasteiger partial charge in [0.05, 0.1) is 0 Å². The topological polar surface area (TPSA) is 0 Å². The fourth-order valence-corrected chi connectivity index (χ4v) is 7.41. The molecule has 0 saturated heterocycles. The van der Waals surface area contributed by atoms with Crippen molar-refractivity contribution in [1.29, 1.82) is 0 Å². The van der Waals surface area contributed by atoms with Gasteiger partial charge in [0, 0.05) is 20.2 Å². The molecule has 0 bridgehead atoms. The van der Waals surface area contributed by atoms with Crippen molar-refractivity contribution in [2.24, 2.45) is 0 Å². The summed E-state index contributed by atoms with van der Waals surface area (Å²) in [5.74, 6) is 0. The van der Waals surface area contributed by atoms with E-state index in [-0.39, 0.29) is 0 Å². The molecule has 39 heavy (non-hydrogen) atoms. The van der Waals surface area contributed by atoms with Crippen molar-refractivity contribution in [3.63, 3.8) is 0 Å². The van der Waals surface area contributed by atoms with Crippen LogP contribution in [0.25, 0.3) is 69.5 Å². The minimum absolute atomic E-state index is 1.11. The lowest BCUT2D eigenvalue weighted by Gasteiger charge is -2.18. The molecule has 1 heteroatoms. The third-order valence-electron chi connectivity index (χ3n) is 8.16. The quantitative estimate of drug-likeness (QED) is 0.206. The second kappa shape index (κ2) is 9.08. The Hall–Kier alpha value is -4.46. The van der Waals surface area contributed by atoms with Crippen molar-refractivity contribution in [2.75, 3.05) is 0 Å². The highest BCUT2D eigenvalue weighted by Gasteiger charge is 2.17. The molecule has 0 unspecified atom stereocenters. The molecule has 0 aliphatic heterocycles. The maximum absolute atomic E-state index is 2.41. The maximum atomic E-state index is 2.41. The third kappa shape index (κ3) is 3.66. The third-order valence-corrected chi connectivity index (χ3v) is 9.31. The van der Waals surface area contributed by atoms with E-state index in [1.165, 1.54) is 75.1 Å². The van der Waals surface area contributed by atoms with Gasteiger partial charge in [0.25, 0.3) is 0 Å². The molecule has 7 aromatic rings. The summed E-state index contributed by atoms with van der Waals surface area (Å²) in [6.45, 7) is 0. The standard InChI is InChI=1S/C38H26S/c1-2-10-25(11-3-1)26-18-20-27(21-19-26)37-30-13-4-6-15-32(30)38(33-16-7-5-14-31(33)37)28-22-23-36-34(24-28)29-12-8-9-17-35(29)39-36/h1-2,4-10,12-24H,3,11H2. The van der Waals surface area contributed by atoms with Gasteiger partial charge in [-0.1, -0.05) is 115 Å². The Morgan fingerprint density at radius 2 is 1.00 bits per heavy atom. The number of allylic oxidation sites excluding steroid dienone is 4. The van der Waals surface area contributed by atoms with E-state index in [0.29, 0.717) is 0 Å². The van der Waals surface area contributed by atoms with Crippen molar-refractivity contribution in [3.8, 4) is 22.3 Å². The molecule has 1 aliphatic rings. The number of fused-ring (bicyclic) bond motifs is 5. The summed E-state index contributed by atoms with van der Waals surface area (Å²) in [5, 5.41) is 7.88. The van der Waals surface area contributed by atoms with Crippen LogP contribution < -0.4 is 0 Å². The molecule has 1 aliphatic carbocycles. The molecule has 0 spiro atoms. The maximum Gasteiger partial charge on any atom is 0.0355 e. The van der Waals surface area contributed by atoms with Crippen LogP contribution in [0.4, 0.5) is 0 Å². The molecule has 0 atom stereocenters. The average molecular weight is 515 g/mol. The summed E-state index contributed by atoms with van der Waals surface area (Å²) in [6.07, 6.45) is 8.92. The molecule has 0 N–H and O–H groups in total. The van der Waals surface area contributed by atoms with Gasteiger partial charge in [0.2, 0.25) is 0 Å². The van der Waals surface area contributed by atoms with E-state index >= 15 is 0 Å². The fraction of sp³-hybridized carbons (Fsp3) is 0.0526. The Morgan fingerprint density at radius 1 is 0.462 bits per heavy atom. The smallest absolute Gasteiger partial charge is 0.0355 e. The predicted octanol–water partition coefficient (Wildman–Crippen LogP) is 11.4. The van der Waals surface area contributed by atoms with E-state index < -0.39 is 0 Å². The van der Waals surface area contributed by atoms with Crippen LogP contribution in [0.5, 0.6) is 0 Å². The van der Waals surface area contributed by atoms with Crippen LogP contribution >= 0.6 is 11.3 Å². The Morgan fingerprint density at radius 3 is 1.64 bits per heavy atom. The molecular formula is C38H26S. The fourth-order valence-electron chi connectivity index (χ4n) is 6.33. The zero-order valence-electron chi connectivity index (χ0n) is 21.5. The Labute approximate surface area is 232 Å². The molecule has 0 amide bonds. The number of thiophene rings is 1. The summed E-state index contributed by atoms with van der Waals surface area (Å²) in [4.78, 5) is 0. The molecular weight excluding hydrogens is 488 g/mol. The first-order valence-electron chi connectivity index (χ1n) is 13.7. The first kappa shape index (κ1) is 22.5. The van der Waals surface area contributed by atoms with Crippen molar-refractivity contribution in [2.45, 2.75) is 12.8 Å². The highest BCUT2D eigenvalue weighted by atomic mass is 32.1. The largest absolute Gasteiger partial charge is 0.135 e. The van der Waals surface area contributed by atoms with Gasteiger partial charge in [-0.2, -0.15) is 0 Å². The van der Waals surface area contributed by atoms with E-state index in [9.17, 15) is 0 Å². The van der Waals surface area contributed by atoms with Crippen LogP contribution in [0, 0.1) is 0 Å². The van der Waals surface area contributed by atoms with Crippen molar-refractivity contribution in [1.82, 2.24) is 0 Å². The van der Waals surface area contributed by atoms with Gasteiger partial charge in [0.15, 0.2) is 0 Å². The first-order valence-corrected chi connectivity index (χ1v) is 14.5. The highest BCUT2D eigenvalue weighted by molar-refractivity contribution is 7.25. The number of hydrogen-bond acceptors (Lipinski definition) is 1. The summed E-state index contributed by atoms with van der Waals surface area (Å²) < 4.78 is 2.69. The first-order chi connectivity index (χ1) is 19.3. The van der Waals surface area contributed by atoms with E-state index in [1.54, 1.807) is 0 Å². The molecule has 0 nitrogen and oxygen atoms in total. The van der Waals surface area contributed by atoms with Crippen LogP contribution in [0.2, 0.25) is 0 Å². The lowest BCUT2D eigenvalue weighted by Crippen LogP contribution is -1.92. The zero-order chi connectivity index (χ0) is 25.8. The highest BCUT2D eigenvalue weighted by Crippen LogP contribution is 2.45. The van der Waals surface area contributed by atoms with Gasteiger partial charge >= 0.3 is 0 Å². The molecule has 0 radical (unpaired) electrons. The molecule has 184 valence electrons. The Bertz CT molecular complexity index is 2040. The summed E-state index contributed by atoms with van der Waals surface area (Å²) in [6, 6.07) is 42.9. The summed E-state index contributed by atoms with van der Waals surface area (Å²) >= 11 is 1.88. The normalized spacial score (nSPS) is 13.5. The van der Waals surface area contributed by atoms with Gasteiger partial charge in [-0.15, -0.1) is 11.3 Å². The number of hydrogen-bond donors (Lipinski definition) is 0. The van der Waals surface area contributed by atoms with Crippen LogP contribution in [0.1, 0.15) is 18.4 Å². The zero-order valence-corrected chi connectivity index (χ0v) is 22.3. The van der Waals surface area contributed by atoms with Crippen molar-refractivity contribution >= 4 is 58.6 Å². The van der Waals surface area contributed by atoms with Crippen molar-refractivity contribution in [3.05, 3.63) is 139 Å². The minimum atomic E-state index is 1.11. The van der Waals surface area contributed by atoms with E-state index in [0.717, 1.165) is 12.8 Å². The van der Waals surface area contributed by atoms with Gasteiger partial charge in [-0.05, 0) is 86.0 Å². The molecule has 0 saturated carbocycles. The van der Waals surface area contributed by atoms with Crippen LogP contribution in [0.3, 0.4) is 0 Å². The predicted molar refractivity (Wildman–Crippen MR) is 172 cm³/mol. The monoisotopic (exact) mass is 514 g/mol. The average Bonchev–Trinajstić information content (AvgIpc) is 3.38. The Balaban J connectivity index is 1.39. The van der Waals surface area contributed by atoms with Gasteiger partial charge in [-0.3, -0.25) is 0 Å². The van der Waals surface area contributed by atoms with E-state index in [2.05, 4.69) is 133 Å². The van der Waals surface area contributed by atoms with Crippen molar-refractivity contribution < 1.29 is 0 Å². The molecule has 8 rings (SSSR count). The number of rotatable bonds is 3. The molecule has 1 aromatic heterocycles. The molecule has 6 aromatic carbocycles.